The number of hydrogen-bond donors (Lipinski definition) is 2. The Morgan fingerprint density at radius 2 is 1.85 bits per heavy atom. The molecule has 1 aromatic carbocycles. The van der Waals surface area contributed by atoms with Gasteiger partial charge in [-0.2, -0.15) is 0 Å². The summed E-state index contributed by atoms with van der Waals surface area (Å²) in [6.45, 7) is 4.92. The lowest BCUT2D eigenvalue weighted by Crippen LogP contribution is -2.29. The van der Waals surface area contributed by atoms with Crippen molar-refractivity contribution in [3.05, 3.63) is 101 Å². The van der Waals surface area contributed by atoms with Gasteiger partial charge in [0.15, 0.2) is 5.11 Å². The fourth-order valence-corrected chi connectivity index (χ4v) is 6.02. The number of rotatable bonds is 8. The maximum Gasteiger partial charge on any atom is 0.229 e. The van der Waals surface area contributed by atoms with E-state index in [1.165, 1.54) is 7.11 Å². The van der Waals surface area contributed by atoms with Crippen LogP contribution in [0.1, 0.15) is 40.3 Å². The van der Waals surface area contributed by atoms with Crippen molar-refractivity contribution in [1.82, 2.24) is 19.9 Å². The molecule has 1 aliphatic rings. The Hall–Kier alpha value is -3.96. The van der Waals surface area contributed by atoms with Crippen LogP contribution < -0.4 is 19.7 Å². The van der Waals surface area contributed by atoms with E-state index in [4.69, 9.17) is 17.0 Å². The summed E-state index contributed by atoms with van der Waals surface area (Å²) in [6.07, 6.45) is 6.48. The second-order valence-electron chi connectivity index (χ2n) is 9.52. The summed E-state index contributed by atoms with van der Waals surface area (Å²) in [4.78, 5) is 10.8. The molecule has 5 rings (SSSR count). The molecule has 9 nitrogen and oxygen atoms in total. The number of ether oxygens (including phenoxy) is 1. The minimum absolute atomic E-state index is 0.234. The third-order valence-electron chi connectivity index (χ3n) is 6.88. The third-order valence-corrected chi connectivity index (χ3v) is 7.78. The van der Waals surface area contributed by atoms with Gasteiger partial charge in [0.2, 0.25) is 10.0 Å². The van der Waals surface area contributed by atoms with E-state index in [2.05, 4.69) is 44.5 Å². The molecule has 4 heterocycles. The van der Waals surface area contributed by atoms with Gasteiger partial charge >= 0.3 is 0 Å². The molecule has 0 radical (unpaired) electrons. The second-order valence-corrected chi connectivity index (χ2v) is 11.7. The van der Waals surface area contributed by atoms with Crippen molar-refractivity contribution in [2.24, 2.45) is 0 Å². The van der Waals surface area contributed by atoms with E-state index in [0.29, 0.717) is 23.1 Å². The summed E-state index contributed by atoms with van der Waals surface area (Å²) >= 11 is 5.88. The number of sulfonamides is 1. The summed E-state index contributed by atoms with van der Waals surface area (Å²) in [5.41, 5.74) is 6.39. The Labute approximate surface area is 233 Å². The first-order valence-corrected chi connectivity index (χ1v) is 14.7. The van der Waals surface area contributed by atoms with Crippen LogP contribution in [0.2, 0.25) is 0 Å². The molecule has 2 atom stereocenters. The zero-order chi connectivity index (χ0) is 27.7. The van der Waals surface area contributed by atoms with Gasteiger partial charge in [-0.05, 0) is 85.7 Å². The number of thiocarbonyl (C=S) groups is 1. The van der Waals surface area contributed by atoms with E-state index in [9.17, 15) is 8.42 Å². The zero-order valence-corrected chi connectivity index (χ0v) is 23.8. The molecule has 0 spiro atoms. The number of methoxy groups -OCH3 is 1. The van der Waals surface area contributed by atoms with E-state index in [-0.39, 0.29) is 12.1 Å². The number of anilines is 2. The first kappa shape index (κ1) is 26.6. The second kappa shape index (κ2) is 10.7. The highest BCUT2D eigenvalue weighted by molar-refractivity contribution is 7.92. The average molecular weight is 563 g/mol. The highest BCUT2D eigenvalue weighted by Crippen LogP contribution is 2.44. The van der Waals surface area contributed by atoms with Gasteiger partial charge in [-0.25, -0.2) is 8.42 Å². The number of nitrogens with one attached hydrogen (secondary N) is 2. The smallest absolute Gasteiger partial charge is 0.229 e. The normalized spacial score (nSPS) is 17.2. The van der Waals surface area contributed by atoms with Crippen LogP contribution in [-0.4, -0.2) is 41.4 Å². The minimum atomic E-state index is -3.54. The van der Waals surface area contributed by atoms with Crippen LogP contribution in [0, 0.1) is 13.8 Å². The number of pyridine rings is 2. The molecule has 1 fully saturated rings. The molecule has 2 N–H and O–H groups in total. The predicted molar refractivity (Wildman–Crippen MR) is 157 cm³/mol. The molecule has 202 valence electrons. The van der Waals surface area contributed by atoms with Crippen molar-refractivity contribution >= 4 is 38.7 Å². The van der Waals surface area contributed by atoms with E-state index < -0.39 is 10.0 Å². The molecular weight excluding hydrogens is 532 g/mol. The standard InChI is InChI=1S/C28H30N6O3S2/c1-18-15-22(19(2)33(18)17-20-10-13-29-14-11-20)27-26(23-7-5-6-12-30-23)31-28(38)34(27)21-8-9-25(37-3)24(16-21)32-39(4,35)36/h5-16,26-27,32H,17H2,1-4H3,(H,31,38). The molecule has 39 heavy (non-hydrogen) atoms. The molecule has 11 heteroatoms. The largest absolute Gasteiger partial charge is 0.495 e. The molecule has 3 aromatic heterocycles. The number of nitrogens with zero attached hydrogens (tertiary/aromatic N) is 4. The van der Waals surface area contributed by atoms with Crippen molar-refractivity contribution in [2.75, 3.05) is 23.0 Å². The Morgan fingerprint density at radius 1 is 1.08 bits per heavy atom. The maximum atomic E-state index is 12.1. The minimum Gasteiger partial charge on any atom is -0.495 e. The van der Waals surface area contributed by atoms with Crippen molar-refractivity contribution in [1.29, 1.82) is 0 Å². The summed E-state index contributed by atoms with van der Waals surface area (Å²) in [5.74, 6) is 0.413. The average Bonchev–Trinajstić information content (AvgIpc) is 3.39. The summed E-state index contributed by atoms with van der Waals surface area (Å²) in [6, 6.07) is 16.9. The van der Waals surface area contributed by atoms with Crippen LogP contribution in [0.25, 0.3) is 0 Å². The SMILES string of the molecule is COc1ccc(N2C(=S)NC(c3ccccn3)C2c2cc(C)n(Cc3ccncc3)c2C)cc1NS(C)(=O)=O. The lowest BCUT2D eigenvalue weighted by Gasteiger charge is -2.29. The van der Waals surface area contributed by atoms with Gasteiger partial charge in [0.1, 0.15) is 5.75 Å². The van der Waals surface area contributed by atoms with Crippen LogP contribution in [0.15, 0.2) is 73.2 Å². The van der Waals surface area contributed by atoms with Gasteiger partial charge in [0, 0.05) is 42.2 Å². The number of benzene rings is 1. The molecule has 0 amide bonds. The Morgan fingerprint density at radius 3 is 2.51 bits per heavy atom. The van der Waals surface area contributed by atoms with Crippen LogP contribution in [0.5, 0.6) is 5.75 Å². The number of hydrogen-bond acceptors (Lipinski definition) is 6. The molecular formula is C28H30N6O3S2. The molecule has 1 saturated heterocycles. The van der Waals surface area contributed by atoms with Crippen molar-refractivity contribution in [2.45, 2.75) is 32.5 Å². The Kier molecular flexibility index (Phi) is 7.28. The first-order chi connectivity index (χ1) is 18.7. The summed E-state index contributed by atoms with van der Waals surface area (Å²) < 4.78 is 34.4. The Bertz CT molecular complexity index is 1610. The molecule has 0 saturated carbocycles. The van der Waals surface area contributed by atoms with Crippen molar-refractivity contribution in [3.8, 4) is 5.75 Å². The molecule has 1 aliphatic heterocycles. The van der Waals surface area contributed by atoms with Gasteiger partial charge in [-0.1, -0.05) is 6.07 Å². The van der Waals surface area contributed by atoms with Gasteiger partial charge in [-0.15, -0.1) is 0 Å². The van der Waals surface area contributed by atoms with Crippen LogP contribution in [0.3, 0.4) is 0 Å². The topological polar surface area (TPSA) is 101 Å². The first-order valence-electron chi connectivity index (χ1n) is 12.4. The van der Waals surface area contributed by atoms with Crippen molar-refractivity contribution in [3.63, 3.8) is 0 Å². The fraction of sp³-hybridized carbons (Fsp3) is 0.250. The van der Waals surface area contributed by atoms with E-state index in [0.717, 1.165) is 40.2 Å². The molecule has 0 bridgehead atoms. The van der Waals surface area contributed by atoms with Crippen LogP contribution >= 0.6 is 12.2 Å². The van der Waals surface area contributed by atoms with Crippen molar-refractivity contribution < 1.29 is 13.2 Å². The van der Waals surface area contributed by atoms with Gasteiger partial charge in [0.25, 0.3) is 0 Å². The van der Waals surface area contributed by atoms with E-state index in [1.54, 1.807) is 30.7 Å². The monoisotopic (exact) mass is 562 g/mol. The van der Waals surface area contributed by atoms with Gasteiger partial charge in [0.05, 0.1) is 36.8 Å². The summed E-state index contributed by atoms with van der Waals surface area (Å²) in [7, 11) is -2.03. The summed E-state index contributed by atoms with van der Waals surface area (Å²) in [5, 5.41) is 4.00. The van der Waals surface area contributed by atoms with Crippen LogP contribution in [-0.2, 0) is 16.6 Å². The lowest BCUT2D eigenvalue weighted by atomic mass is 9.96. The zero-order valence-electron chi connectivity index (χ0n) is 22.1. The number of aromatic nitrogens is 3. The quantitative estimate of drug-likeness (QED) is 0.303. The highest BCUT2D eigenvalue weighted by Gasteiger charge is 2.42. The Balaban J connectivity index is 1.64. The van der Waals surface area contributed by atoms with Crippen LogP contribution in [0.4, 0.5) is 11.4 Å². The number of aryl methyl sites for hydroxylation is 1. The third kappa shape index (κ3) is 5.45. The lowest BCUT2D eigenvalue weighted by molar-refractivity contribution is 0.417. The highest BCUT2D eigenvalue weighted by atomic mass is 32.2. The molecule has 4 aromatic rings. The van der Waals surface area contributed by atoms with Gasteiger partial charge in [-0.3, -0.25) is 14.7 Å². The maximum absolute atomic E-state index is 12.1. The fourth-order valence-electron chi connectivity index (χ4n) is 5.12. The predicted octanol–water partition coefficient (Wildman–Crippen LogP) is 4.50. The molecule has 0 aliphatic carbocycles. The van der Waals surface area contributed by atoms with E-state index in [1.807, 2.05) is 41.3 Å². The van der Waals surface area contributed by atoms with Gasteiger partial charge < -0.3 is 19.5 Å². The van der Waals surface area contributed by atoms with E-state index >= 15 is 0 Å². The molecule has 2 unspecified atom stereocenters.